The molecule has 1 aromatic rings. The van der Waals surface area contributed by atoms with Gasteiger partial charge in [-0.15, -0.1) is 0 Å². The number of benzene rings is 1. The zero-order valence-corrected chi connectivity index (χ0v) is 12.2. The normalized spacial score (nSPS) is 24.1. The fourth-order valence-electron chi connectivity index (χ4n) is 2.50. The highest BCUT2D eigenvalue weighted by Crippen LogP contribution is 2.25. The Morgan fingerprint density at radius 3 is 2.78 bits per heavy atom. The molecule has 1 amide bonds. The second-order valence-electron chi connectivity index (χ2n) is 5.11. The molecule has 1 heterocycles. The predicted octanol–water partition coefficient (Wildman–Crippen LogP) is 3.85. The van der Waals surface area contributed by atoms with E-state index in [0.717, 1.165) is 19.4 Å². The third kappa shape index (κ3) is 2.74. The molecule has 2 nitrogen and oxygen atoms in total. The van der Waals surface area contributed by atoms with Gasteiger partial charge in [0.25, 0.3) is 5.91 Å². The van der Waals surface area contributed by atoms with Crippen molar-refractivity contribution in [3.63, 3.8) is 0 Å². The highest BCUT2D eigenvalue weighted by Gasteiger charge is 2.27. The van der Waals surface area contributed by atoms with Gasteiger partial charge in [0, 0.05) is 18.2 Å². The summed E-state index contributed by atoms with van der Waals surface area (Å²) in [6.07, 6.45) is 2.08. The lowest BCUT2D eigenvalue weighted by atomic mass is 9.93. The Kier molecular flexibility index (Phi) is 4.05. The average Bonchev–Trinajstić information content (AvgIpc) is 2.32. The summed E-state index contributed by atoms with van der Waals surface area (Å²) in [6, 6.07) is 4.69. The summed E-state index contributed by atoms with van der Waals surface area (Å²) in [7, 11) is 0. The number of hydrogen-bond donors (Lipinski definition) is 0. The van der Waals surface area contributed by atoms with E-state index in [0.29, 0.717) is 16.0 Å². The smallest absolute Gasteiger partial charge is 0.254 e. The predicted molar refractivity (Wildman–Crippen MR) is 73.0 cm³/mol. The molecule has 1 aliphatic heterocycles. The molecule has 1 saturated heterocycles. The van der Waals surface area contributed by atoms with Crippen molar-refractivity contribution in [3.05, 3.63) is 34.1 Å². The lowest BCUT2D eigenvalue weighted by Crippen LogP contribution is -2.44. The van der Waals surface area contributed by atoms with Gasteiger partial charge in [-0.05, 0) is 59.8 Å². The van der Waals surface area contributed by atoms with Crippen LogP contribution in [0.25, 0.3) is 0 Å². The zero-order valence-electron chi connectivity index (χ0n) is 10.6. The van der Waals surface area contributed by atoms with Gasteiger partial charge in [-0.3, -0.25) is 4.79 Å². The maximum Gasteiger partial charge on any atom is 0.254 e. The molecule has 0 bridgehead atoms. The molecule has 1 aliphatic rings. The molecule has 1 fully saturated rings. The van der Waals surface area contributed by atoms with Gasteiger partial charge in [0.2, 0.25) is 0 Å². The molecule has 0 spiro atoms. The Bertz CT molecular complexity index is 463. The minimum Gasteiger partial charge on any atom is -0.336 e. The number of halogens is 2. The van der Waals surface area contributed by atoms with E-state index in [1.807, 2.05) is 4.90 Å². The van der Waals surface area contributed by atoms with Gasteiger partial charge < -0.3 is 4.90 Å². The Hall–Kier alpha value is -0.900. The zero-order chi connectivity index (χ0) is 13.3. The van der Waals surface area contributed by atoms with Gasteiger partial charge in [0.15, 0.2) is 0 Å². The highest BCUT2D eigenvalue weighted by atomic mass is 79.9. The monoisotopic (exact) mass is 313 g/mol. The molecule has 2 rings (SSSR count). The topological polar surface area (TPSA) is 20.3 Å². The molecule has 0 aromatic heterocycles. The summed E-state index contributed by atoms with van der Waals surface area (Å²) in [5.74, 6) is 0.325. The second-order valence-corrected chi connectivity index (χ2v) is 5.96. The summed E-state index contributed by atoms with van der Waals surface area (Å²) in [5.41, 5.74) is 0.546. The van der Waals surface area contributed by atoms with E-state index in [1.165, 1.54) is 6.07 Å². The lowest BCUT2D eigenvalue weighted by molar-refractivity contribution is 0.0588. The van der Waals surface area contributed by atoms with Crippen LogP contribution in [0.15, 0.2) is 22.7 Å². The average molecular weight is 314 g/mol. The van der Waals surface area contributed by atoms with Gasteiger partial charge in [0.05, 0.1) is 4.47 Å². The van der Waals surface area contributed by atoms with Crippen LogP contribution in [-0.4, -0.2) is 23.4 Å². The minimum atomic E-state index is -0.341. The van der Waals surface area contributed by atoms with Crippen molar-refractivity contribution in [2.45, 2.75) is 32.7 Å². The first-order chi connectivity index (χ1) is 8.49. The van der Waals surface area contributed by atoms with E-state index in [4.69, 9.17) is 0 Å². The largest absolute Gasteiger partial charge is 0.336 e. The first-order valence-electron chi connectivity index (χ1n) is 6.25. The van der Waals surface area contributed by atoms with Crippen LogP contribution in [0.2, 0.25) is 0 Å². The van der Waals surface area contributed by atoms with Crippen molar-refractivity contribution in [2.24, 2.45) is 5.92 Å². The number of carbonyl (C=O) groups is 1. The van der Waals surface area contributed by atoms with Crippen LogP contribution in [-0.2, 0) is 0 Å². The fourth-order valence-corrected chi connectivity index (χ4v) is 2.88. The molecular weight excluding hydrogens is 297 g/mol. The van der Waals surface area contributed by atoms with Crippen molar-refractivity contribution < 1.29 is 9.18 Å². The summed E-state index contributed by atoms with van der Waals surface area (Å²) < 4.78 is 13.5. The number of piperidine rings is 1. The number of rotatable bonds is 1. The number of likely N-dealkylation sites (tertiary alicyclic amines) is 1. The first-order valence-corrected chi connectivity index (χ1v) is 7.04. The SMILES string of the molecule is CC1CCN(C(=O)c2ccc(F)c(Br)c2)C(C)C1. The van der Waals surface area contributed by atoms with E-state index >= 15 is 0 Å². The van der Waals surface area contributed by atoms with Crippen molar-refractivity contribution in [3.8, 4) is 0 Å². The van der Waals surface area contributed by atoms with E-state index in [2.05, 4.69) is 29.8 Å². The molecule has 0 saturated carbocycles. The van der Waals surface area contributed by atoms with Crippen LogP contribution in [0.5, 0.6) is 0 Å². The Morgan fingerprint density at radius 2 is 2.17 bits per heavy atom. The van der Waals surface area contributed by atoms with E-state index in [-0.39, 0.29) is 17.8 Å². The number of amides is 1. The molecule has 1 aromatic carbocycles. The molecule has 0 N–H and O–H groups in total. The van der Waals surface area contributed by atoms with Gasteiger partial charge in [0.1, 0.15) is 5.82 Å². The van der Waals surface area contributed by atoms with Gasteiger partial charge in [-0.1, -0.05) is 6.92 Å². The fraction of sp³-hybridized carbons (Fsp3) is 0.500. The Morgan fingerprint density at radius 1 is 1.44 bits per heavy atom. The molecule has 18 heavy (non-hydrogen) atoms. The highest BCUT2D eigenvalue weighted by molar-refractivity contribution is 9.10. The van der Waals surface area contributed by atoms with E-state index in [9.17, 15) is 9.18 Å². The molecular formula is C14H17BrFNO. The van der Waals surface area contributed by atoms with Crippen LogP contribution < -0.4 is 0 Å². The van der Waals surface area contributed by atoms with Crippen LogP contribution in [0.4, 0.5) is 4.39 Å². The Labute approximate surface area is 115 Å². The van der Waals surface area contributed by atoms with Crippen molar-refractivity contribution in [1.82, 2.24) is 4.90 Å². The maximum absolute atomic E-state index is 13.2. The molecule has 2 unspecified atom stereocenters. The molecule has 0 aliphatic carbocycles. The number of nitrogens with zero attached hydrogens (tertiary/aromatic N) is 1. The van der Waals surface area contributed by atoms with Crippen molar-refractivity contribution >= 4 is 21.8 Å². The van der Waals surface area contributed by atoms with Crippen LogP contribution >= 0.6 is 15.9 Å². The molecule has 2 atom stereocenters. The quantitative estimate of drug-likeness (QED) is 0.771. The Balaban J connectivity index is 2.18. The van der Waals surface area contributed by atoms with Crippen LogP contribution in [0, 0.1) is 11.7 Å². The van der Waals surface area contributed by atoms with E-state index < -0.39 is 0 Å². The summed E-state index contributed by atoms with van der Waals surface area (Å²) in [5, 5.41) is 0. The lowest BCUT2D eigenvalue weighted by Gasteiger charge is -2.36. The number of hydrogen-bond acceptors (Lipinski definition) is 1. The van der Waals surface area contributed by atoms with E-state index in [1.54, 1.807) is 12.1 Å². The van der Waals surface area contributed by atoms with Crippen molar-refractivity contribution in [2.75, 3.05) is 6.54 Å². The first kappa shape index (κ1) is 13.5. The number of carbonyl (C=O) groups excluding carboxylic acids is 1. The summed E-state index contributed by atoms with van der Waals surface area (Å²) in [6.45, 7) is 5.08. The molecule has 0 radical (unpaired) electrons. The molecule has 98 valence electrons. The molecule has 4 heteroatoms. The minimum absolute atomic E-state index is 0.00454. The second kappa shape index (κ2) is 5.39. The van der Waals surface area contributed by atoms with Gasteiger partial charge >= 0.3 is 0 Å². The van der Waals surface area contributed by atoms with Gasteiger partial charge in [-0.25, -0.2) is 4.39 Å². The summed E-state index contributed by atoms with van der Waals surface area (Å²) >= 11 is 3.12. The van der Waals surface area contributed by atoms with Crippen molar-refractivity contribution in [1.29, 1.82) is 0 Å². The van der Waals surface area contributed by atoms with Gasteiger partial charge in [-0.2, -0.15) is 0 Å². The van der Waals surface area contributed by atoms with Crippen LogP contribution in [0.3, 0.4) is 0 Å². The summed E-state index contributed by atoms with van der Waals surface area (Å²) in [4.78, 5) is 14.3. The third-order valence-electron chi connectivity index (χ3n) is 3.57. The standard InChI is InChI=1S/C14H17BrFNO/c1-9-5-6-17(10(2)7-9)14(18)11-3-4-13(16)12(15)8-11/h3-4,8-10H,5-7H2,1-2H3. The maximum atomic E-state index is 13.2. The third-order valence-corrected chi connectivity index (χ3v) is 4.17. The van der Waals surface area contributed by atoms with Crippen LogP contribution in [0.1, 0.15) is 37.0 Å².